The molecule has 0 saturated heterocycles. The smallest absolute Gasteiger partial charge is 0.0641 e. The lowest BCUT2D eigenvalue weighted by Gasteiger charge is -2.53. The van der Waals surface area contributed by atoms with Crippen LogP contribution in [0.1, 0.15) is 66.2 Å². The van der Waals surface area contributed by atoms with E-state index in [0.717, 1.165) is 12.3 Å². The number of allylic oxidation sites excluding steroid dienone is 1. The van der Waals surface area contributed by atoms with E-state index < -0.39 is 0 Å². The Morgan fingerprint density at radius 2 is 1.85 bits per heavy atom. The maximum absolute atomic E-state index is 6.10. The molecule has 0 N–H and O–H groups in total. The lowest BCUT2D eigenvalue weighted by atomic mass is 9.53. The van der Waals surface area contributed by atoms with Gasteiger partial charge >= 0.3 is 0 Å². The molecule has 5 atom stereocenters. The van der Waals surface area contributed by atoms with Gasteiger partial charge in [0.25, 0.3) is 0 Å². The van der Waals surface area contributed by atoms with Gasteiger partial charge in [-0.15, -0.1) is 6.58 Å². The van der Waals surface area contributed by atoms with Gasteiger partial charge in [0.2, 0.25) is 0 Å². The molecule has 0 aromatic rings. The molecule has 0 amide bonds. The zero-order chi connectivity index (χ0) is 14.8. The van der Waals surface area contributed by atoms with Crippen LogP contribution in [-0.2, 0) is 4.74 Å². The maximum atomic E-state index is 6.10. The molecule has 1 nitrogen and oxygen atoms in total. The zero-order valence-corrected chi connectivity index (χ0v) is 14.1. The van der Waals surface area contributed by atoms with Crippen molar-refractivity contribution in [3.8, 4) is 0 Å². The Bertz CT molecular complexity index is 425. The molecular weight excluding hydrogens is 244 g/mol. The third-order valence-electron chi connectivity index (χ3n) is 7.67. The summed E-state index contributed by atoms with van der Waals surface area (Å²) >= 11 is 0. The van der Waals surface area contributed by atoms with E-state index in [0.29, 0.717) is 27.8 Å². The molecule has 3 aliphatic carbocycles. The molecule has 0 aliphatic heterocycles. The van der Waals surface area contributed by atoms with Gasteiger partial charge < -0.3 is 4.74 Å². The normalized spacial score (nSPS) is 52.9. The summed E-state index contributed by atoms with van der Waals surface area (Å²) in [7, 11) is 1.94. The third-order valence-corrected chi connectivity index (χ3v) is 7.67. The first-order chi connectivity index (χ1) is 9.27. The highest BCUT2D eigenvalue weighted by Gasteiger charge is 2.77. The largest absolute Gasteiger partial charge is 0.381 e. The van der Waals surface area contributed by atoms with Crippen molar-refractivity contribution >= 4 is 0 Å². The summed E-state index contributed by atoms with van der Waals surface area (Å²) in [5, 5.41) is 0. The first kappa shape index (κ1) is 14.6. The Morgan fingerprint density at radius 1 is 1.15 bits per heavy atom. The molecule has 0 heterocycles. The fourth-order valence-electron chi connectivity index (χ4n) is 7.62. The summed E-state index contributed by atoms with van der Waals surface area (Å²) in [5.74, 6) is 0.817. The zero-order valence-electron chi connectivity index (χ0n) is 14.1. The fourth-order valence-corrected chi connectivity index (χ4v) is 7.62. The van der Waals surface area contributed by atoms with Crippen molar-refractivity contribution in [3.05, 3.63) is 12.7 Å². The predicted molar refractivity (Wildman–Crippen MR) is 84.6 cm³/mol. The quantitative estimate of drug-likeness (QED) is 0.643. The Labute approximate surface area is 125 Å². The second-order valence-electron chi connectivity index (χ2n) is 9.00. The molecule has 1 heteroatoms. The highest BCUT2D eigenvalue weighted by atomic mass is 16.5. The molecule has 3 fully saturated rings. The van der Waals surface area contributed by atoms with E-state index in [2.05, 4.69) is 40.3 Å². The van der Waals surface area contributed by atoms with Gasteiger partial charge in [-0.05, 0) is 60.7 Å². The third kappa shape index (κ3) is 1.39. The molecule has 1 spiro atoms. The van der Waals surface area contributed by atoms with E-state index in [1.54, 1.807) is 0 Å². The lowest BCUT2D eigenvalue weighted by Crippen LogP contribution is -2.51. The molecule has 0 bridgehead atoms. The molecule has 0 aromatic heterocycles. The van der Waals surface area contributed by atoms with E-state index in [1.807, 2.05) is 7.11 Å². The molecule has 0 radical (unpaired) electrons. The first-order valence-electron chi connectivity index (χ1n) is 8.41. The molecule has 3 saturated carbocycles. The van der Waals surface area contributed by atoms with Crippen LogP contribution >= 0.6 is 0 Å². The average molecular weight is 276 g/mol. The molecular formula is C19H32O. The van der Waals surface area contributed by atoms with Crippen LogP contribution in [0.25, 0.3) is 0 Å². The maximum Gasteiger partial charge on any atom is 0.0641 e. The van der Waals surface area contributed by atoms with Crippen LogP contribution in [0.4, 0.5) is 0 Å². The van der Waals surface area contributed by atoms with Gasteiger partial charge in [-0.2, -0.15) is 0 Å². The van der Waals surface area contributed by atoms with Gasteiger partial charge in [0.05, 0.1) is 6.10 Å². The highest BCUT2D eigenvalue weighted by molar-refractivity contribution is 5.26. The van der Waals surface area contributed by atoms with E-state index in [1.165, 1.54) is 32.1 Å². The van der Waals surface area contributed by atoms with Crippen LogP contribution in [0.2, 0.25) is 0 Å². The highest BCUT2D eigenvalue weighted by Crippen LogP contribution is 2.81. The number of methoxy groups -OCH3 is 1. The molecule has 20 heavy (non-hydrogen) atoms. The van der Waals surface area contributed by atoms with Crippen molar-refractivity contribution in [1.82, 2.24) is 0 Å². The Hall–Kier alpha value is -0.300. The van der Waals surface area contributed by atoms with E-state index in [-0.39, 0.29) is 0 Å². The lowest BCUT2D eigenvalue weighted by molar-refractivity contribution is -0.115. The topological polar surface area (TPSA) is 9.23 Å². The number of hydrogen-bond donors (Lipinski definition) is 0. The Morgan fingerprint density at radius 3 is 2.45 bits per heavy atom. The van der Waals surface area contributed by atoms with Gasteiger partial charge in [0.1, 0.15) is 0 Å². The summed E-state index contributed by atoms with van der Waals surface area (Å²) in [6, 6.07) is 0. The van der Waals surface area contributed by atoms with Gasteiger partial charge in [-0.1, -0.05) is 33.8 Å². The van der Waals surface area contributed by atoms with E-state index in [9.17, 15) is 0 Å². The van der Waals surface area contributed by atoms with Crippen LogP contribution in [0.3, 0.4) is 0 Å². The summed E-state index contributed by atoms with van der Waals surface area (Å²) in [6.45, 7) is 14.2. The second-order valence-corrected chi connectivity index (χ2v) is 9.00. The van der Waals surface area contributed by atoms with Crippen molar-refractivity contribution in [2.24, 2.45) is 27.6 Å². The van der Waals surface area contributed by atoms with Crippen LogP contribution < -0.4 is 0 Å². The second kappa shape index (κ2) is 4.12. The van der Waals surface area contributed by atoms with Crippen molar-refractivity contribution in [1.29, 1.82) is 0 Å². The average Bonchev–Trinajstić information content (AvgIpc) is 2.85. The summed E-state index contributed by atoms with van der Waals surface area (Å²) in [5.41, 5.74) is 1.66. The summed E-state index contributed by atoms with van der Waals surface area (Å²) in [4.78, 5) is 0. The number of hydrogen-bond acceptors (Lipinski definition) is 1. The SMILES string of the molecule is C=CC[C@@]1(C)CC[C@@H]2C(C)(C)C[C@]3(C)CC[C@@H](OC)C213. The molecule has 3 aliphatic rings. The molecule has 0 aromatic carbocycles. The number of rotatable bonds is 3. The standard InChI is InChI=1S/C19H32O/c1-7-10-17(4)11-8-14-16(2,3)13-18(5)12-9-15(20-6)19(14,17)18/h7,14-15H,1,8-13H2,2-6H3/t14-,15-,17+,18+,19?/m1/s1. The summed E-state index contributed by atoms with van der Waals surface area (Å²) < 4.78 is 6.10. The van der Waals surface area contributed by atoms with Crippen molar-refractivity contribution in [2.75, 3.05) is 7.11 Å². The minimum atomic E-state index is 0.367. The van der Waals surface area contributed by atoms with Crippen LogP contribution in [-0.4, -0.2) is 13.2 Å². The van der Waals surface area contributed by atoms with Crippen molar-refractivity contribution in [2.45, 2.75) is 72.3 Å². The van der Waals surface area contributed by atoms with Crippen molar-refractivity contribution < 1.29 is 4.74 Å². The Balaban J connectivity index is 2.20. The minimum absolute atomic E-state index is 0.367. The molecule has 114 valence electrons. The van der Waals surface area contributed by atoms with E-state index in [4.69, 9.17) is 4.74 Å². The minimum Gasteiger partial charge on any atom is -0.381 e. The Kier molecular flexibility index (Phi) is 3.02. The van der Waals surface area contributed by atoms with Crippen molar-refractivity contribution in [3.63, 3.8) is 0 Å². The van der Waals surface area contributed by atoms with Crippen LogP contribution in [0.15, 0.2) is 12.7 Å². The van der Waals surface area contributed by atoms with Crippen LogP contribution in [0, 0.1) is 27.6 Å². The van der Waals surface area contributed by atoms with Gasteiger partial charge in [-0.25, -0.2) is 0 Å². The fraction of sp³-hybridized carbons (Fsp3) is 0.895. The summed E-state index contributed by atoms with van der Waals surface area (Å²) in [6.07, 6.45) is 10.5. The predicted octanol–water partition coefficient (Wildman–Crippen LogP) is 5.21. The van der Waals surface area contributed by atoms with Crippen LogP contribution in [0.5, 0.6) is 0 Å². The van der Waals surface area contributed by atoms with Gasteiger partial charge in [-0.3, -0.25) is 0 Å². The van der Waals surface area contributed by atoms with Gasteiger partial charge in [0.15, 0.2) is 0 Å². The monoisotopic (exact) mass is 276 g/mol. The molecule has 1 unspecified atom stereocenters. The van der Waals surface area contributed by atoms with E-state index >= 15 is 0 Å². The number of ether oxygens (including phenoxy) is 1. The molecule has 3 rings (SSSR count). The van der Waals surface area contributed by atoms with Gasteiger partial charge in [0, 0.05) is 12.5 Å². The first-order valence-corrected chi connectivity index (χ1v) is 8.41.